The molecule has 0 fully saturated rings. The predicted molar refractivity (Wildman–Crippen MR) is 65.0 cm³/mol. The molecule has 0 saturated heterocycles. The average Bonchev–Trinajstić information content (AvgIpc) is 2.15. The summed E-state index contributed by atoms with van der Waals surface area (Å²) in [5.74, 6) is 0. The monoisotopic (exact) mass is 217 g/mol. The first-order valence-corrected chi connectivity index (χ1v) is 6.19. The fourth-order valence-electron chi connectivity index (χ4n) is 1.45. The molecule has 0 radical (unpaired) electrons. The minimum absolute atomic E-state index is 0.215. The Morgan fingerprint density at radius 1 is 1.00 bits per heavy atom. The first-order chi connectivity index (χ1) is 6.77. The van der Waals surface area contributed by atoms with Crippen LogP contribution in [0.1, 0.15) is 58.3 Å². The number of carbonyl (C=O) groups is 1. The van der Waals surface area contributed by atoms with Crippen molar-refractivity contribution >= 4 is 17.9 Å². The molecular formula is C11H23NOS. The molecule has 0 atom stereocenters. The van der Waals surface area contributed by atoms with E-state index in [1.165, 1.54) is 44.9 Å². The molecule has 84 valence electrons. The zero-order valence-corrected chi connectivity index (χ0v) is 10.1. The highest BCUT2D eigenvalue weighted by Gasteiger charge is 1.92. The molecule has 0 rings (SSSR count). The van der Waals surface area contributed by atoms with Crippen LogP contribution in [0.3, 0.4) is 0 Å². The van der Waals surface area contributed by atoms with Crippen LogP contribution in [0.15, 0.2) is 0 Å². The molecule has 0 aromatic carbocycles. The minimum Gasteiger partial charge on any atom is -0.347 e. The third-order valence-electron chi connectivity index (χ3n) is 2.31. The average molecular weight is 217 g/mol. The van der Waals surface area contributed by atoms with Crippen LogP contribution in [-0.2, 0) is 0 Å². The largest absolute Gasteiger partial charge is 0.347 e. The molecule has 0 aliphatic carbocycles. The molecule has 3 heteroatoms. The summed E-state index contributed by atoms with van der Waals surface area (Å²) in [6.07, 6.45) is 10.4. The SMILES string of the molecule is CCCCCCCCCCNC(=O)S. The summed E-state index contributed by atoms with van der Waals surface area (Å²) in [5.41, 5.74) is 0. The lowest BCUT2D eigenvalue weighted by Crippen LogP contribution is -2.17. The predicted octanol–water partition coefficient (Wildman–Crippen LogP) is 3.77. The first-order valence-electron chi connectivity index (χ1n) is 5.74. The van der Waals surface area contributed by atoms with Crippen LogP contribution in [0.4, 0.5) is 4.79 Å². The quantitative estimate of drug-likeness (QED) is 0.447. The minimum atomic E-state index is -0.215. The second-order valence-corrected chi connectivity index (χ2v) is 4.11. The van der Waals surface area contributed by atoms with Gasteiger partial charge in [-0.05, 0) is 6.42 Å². The molecule has 0 unspecified atom stereocenters. The first kappa shape index (κ1) is 13.8. The number of carbonyl (C=O) groups excluding carboxylic acids is 1. The van der Waals surface area contributed by atoms with E-state index in [0.29, 0.717) is 0 Å². The standard InChI is InChI=1S/C11H23NOS/c1-2-3-4-5-6-7-8-9-10-12-11(13)14/h2-10H2,1H3,(H2,12,13,14). The Kier molecular flexibility index (Phi) is 10.8. The van der Waals surface area contributed by atoms with Crippen molar-refractivity contribution < 1.29 is 4.79 Å². The van der Waals surface area contributed by atoms with Crippen molar-refractivity contribution in [3.63, 3.8) is 0 Å². The van der Waals surface area contributed by atoms with Crippen LogP contribution in [0.2, 0.25) is 0 Å². The van der Waals surface area contributed by atoms with Crippen LogP contribution in [0, 0.1) is 0 Å². The van der Waals surface area contributed by atoms with Gasteiger partial charge in [0.25, 0.3) is 5.24 Å². The fraction of sp³-hybridized carbons (Fsp3) is 0.909. The van der Waals surface area contributed by atoms with E-state index in [9.17, 15) is 4.79 Å². The van der Waals surface area contributed by atoms with Crippen molar-refractivity contribution in [1.29, 1.82) is 0 Å². The Balaban J connectivity index is 2.88. The Hall–Kier alpha value is -0.180. The molecule has 0 aromatic heterocycles. The van der Waals surface area contributed by atoms with E-state index in [0.717, 1.165) is 13.0 Å². The third kappa shape index (κ3) is 11.8. The zero-order chi connectivity index (χ0) is 10.6. The van der Waals surface area contributed by atoms with Gasteiger partial charge >= 0.3 is 0 Å². The van der Waals surface area contributed by atoms with E-state index in [-0.39, 0.29) is 5.24 Å². The van der Waals surface area contributed by atoms with Crippen LogP contribution in [0.5, 0.6) is 0 Å². The van der Waals surface area contributed by atoms with Crippen LogP contribution >= 0.6 is 12.6 Å². The summed E-state index contributed by atoms with van der Waals surface area (Å²) in [7, 11) is 0. The maximum absolute atomic E-state index is 10.4. The second kappa shape index (κ2) is 10.9. The van der Waals surface area contributed by atoms with Gasteiger partial charge in [0.05, 0.1) is 0 Å². The van der Waals surface area contributed by atoms with E-state index in [2.05, 4.69) is 24.9 Å². The molecule has 0 saturated carbocycles. The summed E-state index contributed by atoms with van der Waals surface area (Å²) in [5, 5.41) is 2.47. The highest BCUT2D eigenvalue weighted by Crippen LogP contribution is 2.07. The van der Waals surface area contributed by atoms with Crippen molar-refractivity contribution in [2.24, 2.45) is 0 Å². The van der Waals surface area contributed by atoms with E-state index < -0.39 is 0 Å². The van der Waals surface area contributed by atoms with Gasteiger partial charge in [0.2, 0.25) is 0 Å². The molecular weight excluding hydrogens is 194 g/mol. The number of thiol groups is 1. The summed E-state index contributed by atoms with van der Waals surface area (Å²) in [6, 6.07) is 0. The molecule has 0 aromatic rings. The molecule has 0 aliphatic rings. The van der Waals surface area contributed by atoms with E-state index in [4.69, 9.17) is 0 Å². The summed E-state index contributed by atoms with van der Waals surface area (Å²) in [4.78, 5) is 10.4. The lowest BCUT2D eigenvalue weighted by atomic mass is 10.1. The summed E-state index contributed by atoms with van der Waals surface area (Å²) in [6.45, 7) is 3.01. The lowest BCUT2D eigenvalue weighted by Gasteiger charge is -2.02. The number of nitrogens with one attached hydrogen (secondary N) is 1. The van der Waals surface area contributed by atoms with E-state index in [1.807, 2.05) is 0 Å². The van der Waals surface area contributed by atoms with Crippen molar-refractivity contribution in [2.75, 3.05) is 6.54 Å². The van der Waals surface area contributed by atoms with E-state index >= 15 is 0 Å². The Morgan fingerprint density at radius 2 is 1.50 bits per heavy atom. The lowest BCUT2D eigenvalue weighted by molar-refractivity contribution is 0.261. The van der Waals surface area contributed by atoms with Crippen LogP contribution in [0.25, 0.3) is 0 Å². The maximum atomic E-state index is 10.4. The van der Waals surface area contributed by atoms with Crippen molar-refractivity contribution in [3.8, 4) is 0 Å². The number of hydrogen-bond acceptors (Lipinski definition) is 1. The highest BCUT2D eigenvalue weighted by molar-refractivity contribution is 7.96. The smallest absolute Gasteiger partial charge is 0.275 e. The van der Waals surface area contributed by atoms with Gasteiger partial charge in [-0.1, -0.05) is 64.5 Å². The fourth-order valence-corrected chi connectivity index (χ4v) is 1.57. The molecule has 1 N–H and O–H groups in total. The molecule has 0 bridgehead atoms. The number of amides is 1. The van der Waals surface area contributed by atoms with Gasteiger partial charge in [0, 0.05) is 6.54 Å². The van der Waals surface area contributed by atoms with Gasteiger partial charge in [-0.2, -0.15) is 0 Å². The normalized spacial score (nSPS) is 10.1. The molecule has 0 heterocycles. The van der Waals surface area contributed by atoms with Crippen LogP contribution < -0.4 is 5.32 Å². The Morgan fingerprint density at radius 3 is 2.00 bits per heavy atom. The summed E-state index contributed by atoms with van der Waals surface area (Å²) >= 11 is 3.63. The maximum Gasteiger partial charge on any atom is 0.275 e. The van der Waals surface area contributed by atoms with Crippen molar-refractivity contribution in [2.45, 2.75) is 58.3 Å². The highest BCUT2D eigenvalue weighted by atomic mass is 32.1. The number of unbranched alkanes of at least 4 members (excludes halogenated alkanes) is 7. The summed E-state index contributed by atoms with van der Waals surface area (Å²) < 4.78 is 0. The van der Waals surface area contributed by atoms with Gasteiger partial charge in [-0.15, -0.1) is 0 Å². The van der Waals surface area contributed by atoms with Gasteiger partial charge in [0.1, 0.15) is 0 Å². The third-order valence-corrected chi connectivity index (χ3v) is 2.46. The Bertz CT molecular complexity index is 139. The molecule has 0 spiro atoms. The van der Waals surface area contributed by atoms with Crippen LogP contribution in [-0.4, -0.2) is 11.8 Å². The van der Waals surface area contributed by atoms with Gasteiger partial charge < -0.3 is 5.32 Å². The molecule has 0 aliphatic heterocycles. The van der Waals surface area contributed by atoms with Gasteiger partial charge in [-0.3, -0.25) is 4.79 Å². The molecule has 1 amide bonds. The van der Waals surface area contributed by atoms with Gasteiger partial charge in [0.15, 0.2) is 0 Å². The van der Waals surface area contributed by atoms with Crippen molar-refractivity contribution in [3.05, 3.63) is 0 Å². The van der Waals surface area contributed by atoms with Crippen molar-refractivity contribution in [1.82, 2.24) is 5.32 Å². The topological polar surface area (TPSA) is 29.1 Å². The second-order valence-electron chi connectivity index (χ2n) is 3.71. The van der Waals surface area contributed by atoms with Gasteiger partial charge in [-0.25, -0.2) is 0 Å². The zero-order valence-electron chi connectivity index (χ0n) is 9.22. The number of rotatable bonds is 9. The Labute approximate surface area is 93.3 Å². The van der Waals surface area contributed by atoms with E-state index in [1.54, 1.807) is 0 Å². The molecule has 14 heavy (non-hydrogen) atoms. The number of hydrogen-bond donors (Lipinski definition) is 2. The molecule has 2 nitrogen and oxygen atoms in total.